The van der Waals surface area contributed by atoms with Crippen LogP contribution in [0.2, 0.25) is 0 Å². The van der Waals surface area contributed by atoms with Gasteiger partial charge in [0.2, 0.25) is 0 Å². The Kier molecular flexibility index (Phi) is 3.71. The van der Waals surface area contributed by atoms with Gasteiger partial charge in [-0.25, -0.2) is 0 Å². The number of rotatable bonds is 3. The number of nitrogens with zero attached hydrogens (tertiary/aromatic N) is 2. The van der Waals surface area contributed by atoms with Gasteiger partial charge in [0.1, 0.15) is 5.69 Å². The Bertz CT molecular complexity index is 426. The monoisotopic (exact) mass is 251 g/mol. The Morgan fingerprint density at radius 1 is 1.56 bits per heavy atom. The minimum Gasteiger partial charge on any atom is -0.393 e. The van der Waals surface area contributed by atoms with Gasteiger partial charge in [-0.3, -0.25) is 9.89 Å². The Morgan fingerprint density at radius 3 is 2.78 bits per heavy atom. The van der Waals surface area contributed by atoms with Crippen LogP contribution in [0.3, 0.4) is 0 Å². The summed E-state index contributed by atoms with van der Waals surface area (Å²) in [6, 6.07) is 1.82. The lowest BCUT2D eigenvalue weighted by molar-refractivity contribution is 0.0757. The van der Waals surface area contributed by atoms with E-state index in [0.717, 1.165) is 12.1 Å². The van der Waals surface area contributed by atoms with Crippen molar-refractivity contribution in [3.05, 3.63) is 17.5 Å². The number of amides is 1. The number of nitrogens with one attached hydrogen (secondary N) is 1. The highest BCUT2D eigenvalue weighted by atomic mass is 16.3. The van der Waals surface area contributed by atoms with Gasteiger partial charge in [-0.1, -0.05) is 13.8 Å². The number of aliphatic hydroxyl groups is 1. The highest BCUT2D eigenvalue weighted by Crippen LogP contribution is 2.22. The number of carbonyl (C=O) groups excluding carboxylic acids is 1. The number of carbonyl (C=O) groups is 1. The average Bonchev–Trinajstić information content (AvgIpc) is 2.97. The van der Waals surface area contributed by atoms with Crippen LogP contribution in [0.4, 0.5) is 0 Å². The van der Waals surface area contributed by atoms with Crippen LogP contribution in [0.5, 0.6) is 0 Å². The second-order valence-electron chi connectivity index (χ2n) is 5.40. The number of aliphatic hydroxyl groups excluding tert-OH is 1. The molecule has 2 N–H and O–H groups in total. The summed E-state index contributed by atoms with van der Waals surface area (Å²) in [6.07, 6.45) is 0.512. The molecule has 0 saturated carbocycles. The summed E-state index contributed by atoms with van der Waals surface area (Å²) in [6.45, 7) is 7.23. The first-order chi connectivity index (χ1) is 8.49. The summed E-state index contributed by atoms with van der Waals surface area (Å²) in [5.41, 5.74) is 1.45. The van der Waals surface area contributed by atoms with Gasteiger partial charge in [-0.15, -0.1) is 0 Å². The van der Waals surface area contributed by atoms with Crippen LogP contribution in [0.15, 0.2) is 6.07 Å². The summed E-state index contributed by atoms with van der Waals surface area (Å²) in [5, 5.41) is 16.5. The number of hydrogen-bond acceptors (Lipinski definition) is 3. The predicted molar refractivity (Wildman–Crippen MR) is 68.4 cm³/mol. The van der Waals surface area contributed by atoms with E-state index in [-0.39, 0.29) is 17.9 Å². The first kappa shape index (κ1) is 13.1. The quantitative estimate of drug-likeness (QED) is 0.852. The molecule has 2 heterocycles. The van der Waals surface area contributed by atoms with Crippen molar-refractivity contribution in [2.45, 2.75) is 39.2 Å². The van der Waals surface area contributed by atoms with E-state index in [4.69, 9.17) is 0 Å². The van der Waals surface area contributed by atoms with Crippen LogP contribution in [0.25, 0.3) is 0 Å². The molecule has 0 bridgehead atoms. The molecule has 0 radical (unpaired) electrons. The third kappa shape index (κ3) is 2.56. The molecule has 5 nitrogen and oxygen atoms in total. The molecular weight excluding hydrogens is 230 g/mol. The molecule has 2 unspecified atom stereocenters. The molecule has 18 heavy (non-hydrogen) atoms. The van der Waals surface area contributed by atoms with Crippen molar-refractivity contribution in [2.24, 2.45) is 5.92 Å². The van der Waals surface area contributed by atoms with Crippen LogP contribution in [-0.2, 0) is 0 Å². The largest absolute Gasteiger partial charge is 0.393 e. The van der Waals surface area contributed by atoms with Crippen molar-refractivity contribution in [3.8, 4) is 0 Å². The van der Waals surface area contributed by atoms with Crippen LogP contribution in [-0.4, -0.2) is 45.3 Å². The van der Waals surface area contributed by atoms with Crippen LogP contribution >= 0.6 is 0 Å². The molecule has 5 heteroatoms. The van der Waals surface area contributed by atoms with E-state index in [2.05, 4.69) is 24.0 Å². The minimum atomic E-state index is -0.354. The maximum absolute atomic E-state index is 12.2. The molecular formula is C13H21N3O2. The zero-order chi connectivity index (χ0) is 13.3. The van der Waals surface area contributed by atoms with Crippen molar-refractivity contribution in [1.29, 1.82) is 0 Å². The lowest BCUT2D eigenvalue weighted by Crippen LogP contribution is -2.30. The van der Waals surface area contributed by atoms with Crippen molar-refractivity contribution in [3.63, 3.8) is 0 Å². The SMILES string of the molecule is CC(C)c1cc(C(=O)N2CCC(C(C)O)C2)n[nH]1. The summed E-state index contributed by atoms with van der Waals surface area (Å²) in [7, 11) is 0. The molecule has 0 aromatic carbocycles. The Balaban J connectivity index is 2.03. The number of aromatic nitrogens is 2. The van der Waals surface area contributed by atoms with Crippen LogP contribution in [0, 0.1) is 5.92 Å². The number of aromatic amines is 1. The lowest BCUT2D eigenvalue weighted by Gasteiger charge is -2.16. The third-order valence-corrected chi connectivity index (χ3v) is 3.63. The Labute approximate surface area is 107 Å². The van der Waals surface area contributed by atoms with E-state index in [1.807, 2.05) is 6.07 Å². The average molecular weight is 251 g/mol. The fourth-order valence-corrected chi connectivity index (χ4v) is 2.27. The molecule has 100 valence electrons. The number of likely N-dealkylation sites (tertiary alicyclic amines) is 1. The van der Waals surface area contributed by atoms with Crippen LogP contribution in [0.1, 0.15) is 49.3 Å². The zero-order valence-corrected chi connectivity index (χ0v) is 11.2. The molecule has 1 aromatic rings. The van der Waals surface area contributed by atoms with Gasteiger partial charge in [0.05, 0.1) is 6.10 Å². The predicted octanol–water partition coefficient (Wildman–Crippen LogP) is 1.38. The molecule has 1 saturated heterocycles. The number of H-pyrrole nitrogens is 1. The molecule has 0 aliphatic carbocycles. The van der Waals surface area contributed by atoms with E-state index in [0.29, 0.717) is 24.7 Å². The maximum atomic E-state index is 12.2. The smallest absolute Gasteiger partial charge is 0.274 e. The van der Waals surface area contributed by atoms with Gasteiger partial charge < -0.3 is 10.0 Å². The first-order valence-electron chi connectivity index (χ1n) is 6.51. The second kappa shape index (κ2) is 5.10. The minimum absolute atomic E-state index is 0.0405. The summed E-state index contributed by atoms with van der Waals surface area (Å²) < 4.78 is 0. The van der Waals surface area contributed by atoms with Crippen molar-refractivity contribution >= 4 is 5.91 Å². The van der Waals surface area contributed by atoms with Gasteiger partial charge in [0.15, 0.2) is 0 Å². The Hall–Kier alpha value is -1.36. The summed E-state index contributed by atoms with van der Waals surface area (Å²) >= 11 is 0. The highest BCUT2D eigenvalue weighted by Gasteiger charge is 2.30. The van der Waals surface area contributed by atoms with E-state index < -0.39 is 0 Å². The van der Waals surface area contributed by atoms with Crippen molar-refractivity contribution in [1.82, 2.24) is 15.1 Å². The van der Waals surface area contributed by atoms with Gasteiger partial charge in [-0.05, 0) is 25.3 Å². The molecule has 1 aliphatic rings. The third-order valence-electron chi connectivity index (χ3n) is 3.63. The zero-order valence-electron chi connectivity index (χ0n) is 11.2. The fourth-order valence-electron chi connectivity index (χ4n) is 2.27. The maximum Gasteiger partial charge on any atom is 0.274 e. The van der Waals surface area contributed by atoms with Gasteiger partial charge in [0, 0.05) is 24.7 Å². The molecule has 1 aliphatic heterocycles. The lowest BCUT2D eigenvalue weighted by atomic mass is 10.0. The van der Waals surface area contributed by atoms with Crippen molar-refractivity contribution in [2.75, 3.05) is 13.1 Å². The van der Waals surface area contributed by atoms with Gasteiger partial charge >= 0.3 is 0 Å². The Morgan fingerprint density at radius 2 is 2.28 bits per heavy atom. The summed E-state index contributed by atoms with van der Waals surface area (Å²) in [4.78, 5) is 14.0. The van der Waals surface area contributed by atoms with E-state index in [9.17, 15) is 9.90 Å². The van der Waals surface area contributed by atoms with E-state index in [1.165, 1.54) is 0 Å². The normalized spacial score (nSPS) is 21.6. The molecule has 1 fully saturated rings. The fraction of sp³-hybridized carbons (Fsp3) is 0.692. The molecule has 1 amide bonds. The van der Waals surface area contributed by atoms with E-state index >= 15 is 0 Å². The summed E-state index contributed by atoms with van der Waals surface area (Å²) in [5.74, 6) is 0.488. The van der Waals surface area contributed by atoms with Gasteiger partial charge in [0.25, 0.3) is 5.91 Å². The first-order valence-corrected chi connectivity index (χ1v) is 6.51. The molecule has 2 rings (SSSR count). The van der Waals surface area contributed by atoms with Gasteiger partial charge in [-0.2, -0.15) is 5.10 Å². The molecule has 0 spiro atoms. The van der Waals surface area contributed by atoms with Crippen LogP contribution < -0.4 is 0 Å². The van der Waals surface area contributed by atoms with Crippen molar-refractivity contribution < 1.29 is 9.90 Å². The topological polar surface area (TPSA) is 69.2 Å². The standard InChI is InChI=1S/C13H21N3O2/c1-8(2)11-6-12(15-14-11)13(18)16-5-4-10(7-16)9(3)17/h6,8-10,17H,4-5,7H2,1-3H3,(H,14,15). The molecule has 1 aromatic heterocycles. The second-order valence-corrected chi connectivity index (χ2v) is 5.40. The highest BCUT2D eigenvalue weighted by molar-refractivity contribution is 5.92. The van der Waals surface area contributed by atoms with E-state index in [1.54, 1.807) is 11.8 Å². The number of hydrogen-bond donors (Lipinski definition) is 2. The molecule has 2 atom stereocenters.